The predicted molar refractivity (Wildman–Crippen MR) is 100 cm³/mol. The number of hydrogen-bond acceptors (Lipinski definition) is 7. The highest BCUT2D eigenvalue weighted by Crippen LogP contribution is 2.26. The highest BCUT2D eigenvalue weighted by Gasteiger charge is 2.21. The first kappa shape index (κ1) is 16.2. The molecule has 0 aliphatic heterocycles. The number of anilines is 1. The fraction of sp³-hybridized carbons (Fsp3) is 0.111. The van der Waals surface area contributed by atoms with E-state index in [1.54, 1.807) is 10.9 Å². The van der Waals surface area contributed by atoms with Gasteiger partial charge in [0, 0.05) is 12.3 Å². The molecule has 0 saturated carbocycles. The van der Waals surface area contributed by atoms with E-state index in [0.29, 0.717) is 22.8 Å². The molecule has 1 aromatic carbocycles. The van der Waals surface area contributed by atoms with Gasteiger partial charge in [0.2, 0.25) is 11.9 Å². The maximum absolute atomic E-state index is 13.7. The summed E-state index contributed by atoms with van der Waals surface area (Å²) in [6.07, 6.45) is 4.38. The molecule has 10 heteroatoms. The molecule has 0 fully saturated rings. The molecule has 0 bridgehead atoms. The van der Waals surface area contributed by atoms with Gasteiger partial charge in [-0.05, 0) is 19.1 Å². The summed E-state index contributed by atoms with van der Waals surface area (Å²) in [6.45, 7) is 1.93. The molecular weight excluding hydrogens is 361 g/mol. The van der Waals surface area contributed by atoms with Crippen LogP contribution in [-0.2, 0) is 0 Å². The quantitative estimate of drug-likeness (QED) is 0.465. The predicted octanol–water partition coefficient (Wildman–Crippen LogP) is 2.79. The van der Waals surface area contributed by atoms with Gasteiger partial charge in [0.1, 0.15) is 17.7 Å². The van der Waals surface area contributed by atoms with Gasteiger partial charge >= 0.3 is 0 Å². The third-order valence-corrected chi connectivity index (χ3v) is 4.36. The second kappa shape index (κ2) is 6.34. The van der Waals surface area contributed by atoms with Gasteiger partial charge in [-0.3, -0.25) is 4.57 Å². The Morgan fingerprint density at radius 2 is 1.96 bits per heavy atom. The van der Waals surface area contributed by atoms with Crippen LogP contribution in [0, 0.1) is 5.95 Å². The first-order chi connectivity index (χ1) is 13.7. The monoisotopic (exact) mass is 375 g/mol. The van der Waals surface area contributed by atoms with Crippen molar-refractivity contribution in [2.75, 3.05) is 5.32 Å². The molecular formula is C18H14FN9. The molecule has 4 heterocycles. The van der Waals surface area contributed by atoms with Crippen molar-refractivity contribution in [1.29, 1.82) is 0 Å². The van der Waals surface area contributed by atoms with E-state index in [9.17, 15) is 4.39 Å². The lowest BCUT2D eigenvalue weighted by Crippen LogP contribution is -2.15. The van der Waals surface area contributed by atoms with Crippen molar-refractivity contribution in [3.05, 3.63) is 61.0 Å². The van der Waals surface area contributed by atoms with Crippen molar-refractivity contribution in [2.24, 2.45) is 0 Å². The number of fused-ring (bicyclic) bond motifs is 2. The van der Waals surface area contributed by atoms with Crippen molar-refractivity contribution >= 4 is 28.0 Å². The minimum Gasteiger partial charge on any atom is -0.358 e. The molecule has 1 atom stereocenters. The summed E-state index contributed by atoms with van der Waals surface area (Å²) >= 11 is 0. The van der Waals surface area contributed by atoms with E-state index in [0.717, 1.165) is 11.0 Å². The minimum absolute atomic E-state index is 0.215. The number of nitrogens with zero attached hydrogens (tertiary/aromatic N) is 7. The highest BCUT2D eigenvalue weighted by atomic mass is 19.1. The molecule has 9 nitrogen and oxygen atoms in total. The Morgan fingerprint density at radius 3 is 2.86 bits per heavy atom. The van der Waals surface area contributed by atoms with E-state index < -0.39 is 5.95 Å². The highest BCUT2D eigenvalue weighted by molar-refractivity contribution is 5.82. The zero-order chi connectivity index (χ0) is 19.1. The van der Waals surface area contributed by atoms with Crippen LogP contribution in [0.15, 0.2) is 49.2 Å². The van der Waals surface area contributed by atoms with Gasteiger partial charge in [-0.2, -0.15) is 9.37 Å². The van der Waals surface area contributed by atoms with Gasteiger partial charge in [-0.15, -0.1) is 0 Å². The molecule has 0 amide bonds. The number of halogens is 1. The van der Waals surface area contributed by atoms with E-state index in [1.807, 2.05) is 31.2 Å². The summed E-state index contributed by atoms with van der Waals surface area (Å²) in [4.78, 5) is 28.4. The third-order valence-electron chi connectivity index (χ3n) is 4.36. The van der Waals surface area contributed by atoms with Gasteiger partial charge in [0.15, 0.2) is 11.5 Å². The molecule has 0 aliphatic carbocycles. The molecule has 4 aromatic heterocycles. The average Bonchev–Trinajstić information content (AvgIpc) is 3.33. The van der Waals surface area contributed by atoms with Crippen LogP contribution in [0.3, 0.4) is 0 Å². The number of benzene rings is 1. The Bertz CT molecular complexity index is 1290. The van der Waals surface area contributed by atoms with Crippen molar-refractivity contribution in [1.82, 2.24) is 39.5 Å². The molecule has 5 rings (SSSR count). The van der Waals surface area contributed by atoms with E-state index >= 15 is 0 Å². The van der Waals surface area contributed by atoms with E-state index in [4.69, 9.17) is 4.98 Å². The van der Waals surface area contributed by atoms with E-state index in [2.05, 4.69) is 35.2 Å². The fourth-order valence-corrected chi connectivity index (χ4v) is 3.12. The molecule has 28 heavy (non-hydrogen) atoms. The van der Waals surface area contributed by atoms with Crippen molar-refractivity contribution in [3.63, 3.8) is 0 Å². The molecule has 0 aliphatic rings. The lowest BCUT2D eigenvalue weighted by molar-refractivity contribution is 0.573. The Balaban J connectivity index is 1.64. The van der Waals surface area contributed by atoms with Crippen molar-refractivity contribution in [2.45, 2.75) is 13.0 Å². The molecule has 0 radical (unpaired) electrons. The maximum Gasteiger partial charge on any atom is 0.238 e. The topological polar surface area (TPSA) is 110 Å². The summed E-state index contributed by atoms with van der Waals surface area (Å²) in [7, 11) is 0. The Kier molecular flexibility index (Phi) is 3.68. The lowest BCUT2D eigenvalue weighted by Gasteiger charge is -2.16. The van der Waals surface area contributed by atoms with Crippen molar-refractivity contribution < 1.29 is 4.39 Å². The molecule has 0 spiro atoms. The first-order valence-electron chi connectivity index (χ1n) is 8.57. The number of H-pyrrole nitrogens is 1. The van der Waals surface area contributed by atoms with Crippen LogP contribution in [0.25, 0.3) is 28.1 Å². The fourth-order valence-electron chi connectivity index (χ4n) is 3.12. The summed E-state index contributed by atoms with van der Waals surface area (Å²) in [5.74, 6) is 0.822. The van der Waals surface area contributed by atoms with Crippen molar-refractivity contribution in [3.8, 4) is 5.95 Å². The van der Waals surface area contributed by atoms with Gasteiger partial charge in [-0.1, -0.05) is 12.1 Å². The second-order valence-corrected chi connectivity index (χ2v) is 6.16. The van der Waals surface area contributed by atoms with Gasteiger partial charge in [-0.25, -0.2) is 24.9 Å². The normalized spacial score (nSPS) is 12.5. The number of para-hydroxylation sites is 2. The smallest absolute Gasteiger partial charge is 0.238 e. The Hall–Kier alpha value is -3.95. The minimum atomic E-state index is -0.607. The average molecular weight is 375 g/mol. The molecule has 1 unspecified atom stereocenters. The first-order valence-corrected chi connectivity index (χ1v) is 8.57. The largest absolute Gasteiger partial charge is 0.358 e. The lowest BCUT2D eigenvalue weighted by atomic mass is 10.3. The SMILES string of the molecule is CC(Nc1ncnc2nc[nH]c12)c1nc2ccccc2n1-c1nccc(F)n1. The van der Waals surface area contributed by atoms with Crippen LogP contribution in [0.2, 0.25) is 0 Å². The number of nitrogens with one attached hydrogen (secondary N) is 2. The molecule has 0 saturated heterocycles. The van der Waals surface area contributed by atoms with Crippen LogP contribution in [0.1, 0.15) is 18.8 Å². The number of aromatic amines is 1. The van der Waals surface area contributed by atoms with Gasteiger partial charge in [0.05, 0.1) is 23.4 Å². The van der Waals surface area contributed by atoms with E-state index in [1.165, 1.54) is 18.6 Å². The van der Waals surface area contributed by atoms with Crippen LogP contribution in [-0.4, -0.2) is 39.5 Å². The van der Waals surface area contributed by atoms with Gasteiger partial charge < -0.3 is 10.3 Å². The van der Waals surface area contributed by atoms with E-state index in [-0.39, 0.29) is 12.0 Å². The van der Waals surface area contributed by atoms with Crippen LogP contribution in [0.5, 0.6) is 0 Å². The van der Waals surface area contributed by atoms with Crippen LogP contribution >= 0.6 is 0 Å². The second-order valence-electron chi connectivity index (χ2n) is 6.16. The van der Waals surface area contributed by atoms with Crippen LogP contribution < -0.4 is 5.32 Å². The summed E-state index contributed by atoms with van der Waals surface area (Å²) < 4.78 is 15.5. The third kappa shape index (κ3) is 2.62. The summed E-state index contributed by atoms with van der Waals surface area (Å²) in [6, 6.07) is 8.48. The number of hydrogen-bond donors (Lipinski definition) is 2. The zero-order valence-corrected chi connectivity index (χ0v) is 14.7. The molecule has 138 valence electrons. The van der Waals surface area contributed by atoms with Gasteiger partial charge in [0.25, 0.3) is 0 Å². The zero-order valence-electron chi connectivity index (χ0n) is 14.7. The summed E-state index contributed by atoms with van der Waals surface area (Å²) in [5.41, 5.74) is 2.80. The van der Waals surface area contributed by atoms with Crippen LogP contribution in [0.4, 0.5) is 10.2 Å². The molecule has 5 aromatic rings. The molecule has 2 N–H and O–H groups in total. The Labute approximate surface area is 157 Å². The Morgan fingerprint density at radius 1 is 1.07 bits per heavy atom. The number of aromatic nitrogens is 8. The maximum atomic E-state index is 13.7. The number of rotatable bonds is 4. The summed E-state index contributed by atoms with van der Waals surface area (Å²) in [5, 5.41) is 3.32. The standard InChI is InChI=1S/C18H14FN9/c1-10(25-16-14-15(22-8-21-14)23-9-24-16)17-26-11-4-2-3-5-12(11)28(17)18-20-7-6-13(19)27-18/h2-10H,1H3,(H2,21,22,23,24,25). The number of imidazole rings is 2.